The number of carbonyl (C=O) groups excluding carboxylic acids is 1. The number of amides is 1. The fraction of sp³-hybridized carbons (Fsp3) is 0.900. The van der Waals surface area contributed by atoms with Gasteiger partial charge in [0.2, 0.25) is 5.91 Å². The van der Waals surface area contributed by atoms with E-state index < -0.39 is 0 Å². The van der Waals surface area contributed by atoms with Crippen LogP contribution in [0, 0.1) is 11.3 Å². The third kappa shape index (κ3) is 4.70. The molecule has 0 aromatic carbocycles. The number of piperazine rings is 1. The molecule has 2 aliphatic heterocycles. The maximum absolute atomic E-state index is 12.5. The number of rotatable bonds is 4. The Morgan fingerprint density at radius 2 is 2.04 bits per heavy atom. The predicted octanol–water partition coefficient (Wildman–Crippen LogP) is 2.10. The molecular weight excluding hydrogens is 328 g/mol. The van der Waals surface area contributed by atoms with Crippen molar-refractivity contribution in [3.05, 3.63) is 0 Å². The highest BCUT2D eigenvalue weighted by Crippen LogP contribution is 2.34. The summed E-state index contributed by atoms with van der Waals surface area (Å²) in [5.74, 6) is 1.58. The minimum absolute atomic E-state index is 0.130. The minimum Gasteiger partial charge on any atom is -0.377 e. The van der Waals surface area contributed by atoms with Crippen LogP contribution < -0.4 is 5.32 Å². The van der Waals surface area contributed by atoms with Crippen molar-refractivity contribution in [1.82, 2.24) is 15.1 Å². The molecule has 2 saturated heterocycles. The summed E-state index contributed by atoms with van der Waals surface area (Å²) in [7, 11) is 0. The Bertz CT molecular complexity index is 524. The summed E-state index contributed by atoms with van der Waals surface area (Å²) in [6.45, 7) is 13.4. The van der Waals surface area contributed by atoms with Gasteiger partial charge in [0.25, 0.3) is 0 Å². The van der Waals surface area contributed by atoms with Crippen molar-refractivity contribution >= 4 is 11.9 Å². The van der Waals surface area contributed by atoms with E-state index in [4.69, 9.17) is 9.73 Å². The summed E-state index contributed by atoms with van der Waals surface area (Å²) in [5, 5.41) is 3.39. The number of hydrogen-bond acceptors (Lipinski definition) is 3. The zero-order chi connectivity index (χ0) is 18.7. The van der Waals surface area contributed by atoms with Gasteiger partial charge in [-0.2, -0.15) is 0 Å². The Kier molecular flexibility index (Phi) is 6.10. The van der Waals surface area contributed by atoms with Crippen LogP contribution in [0.2, 0.25) is 0 Å². The van der Waals surface area contributed by atoms with Crippen LogP contribution in [-0.4, -0.2) is 73.1 Å². The average molecular weight is 365 g/mol. The van der Waals surface area contributed by atoms with Gasteiger partial charge in [-0.15, -0.1) is 0 Å². The molecule has 1 aliphatic carbocycles. The molecule has 1 saturated carbocycles. The van der Waals surface area contributed by atoms with E-state index in [-0.39, 0.29) is 17.4 Å². The standard InChI is InChI=1S/C20H36N4O2/c1-5-21-19(23-10-11-24(16-8-9-16)17(25)14-23)22-13-15-7-6-12-26-18(15)20(2,3)4/h15-16,18H,5-14H2,1-4H3,(H,21,22). The van der Waals surface area contributed by atoms with E-state index in [1.165, 1.54) is 19.3 Å². The molecule has 1 amide bonds. The zero-order valence-corrected chi connectivity index (χ0v) is 17.0. The van der Waals surface area contributed by atoms with E-state index in [0.29, 0.717) is 18.5 Å². The fourth-order valence-electron chi connectivity index (χ4n) is 4.26. The van der Waals surface area contributed by atoms with Crippen LogP contribution in [0.1, 0.15) is 53.4 Å². The largest absolute Gasteiger partial charge is 0.377 e. The number of nitrogens with one attached hydrogen (secondary N) is 1. The van der Waals surface area contributed by atoms with Gasteiger partial charge in [0.1, 0.15) is 0 Å². The lowest BCUT2D eigenvalue weighted by molar-refractivity contribution is -0.135. The average Bonchev–Trinajstić information content (AvgIpc) is 3.43. The lowest BCUT2D eigenvalue weighted by atomic mass is 9.78. The molecule has 6 nitrogen and oxygen atoms in total. The lowest BCUT2D eigenvalue weighted by Crippen LogP contribution is -2.56. The molecule has 3 aliphatic rings. The van der Waals surface area contributed by atoms with Gasteiger partial charge in [-0.1, -0.05) is 20.8 Å². The van der Waals surface area contributed by atoms with Crippen LogP contribution in [0.4, 0.5) is 0 Å². The number of ether oxygens (including phenoxy) is 1. The van der Waals surface area contributed by atoms with E-state index >= 15 is 0 Å². The quantitative estimate of drug-likeness (QED) is 0.613. The van der Waals surface area contributed by atoms with E-state index in [1.807, 2.05) is 0 Å². The molecule has 148 valence electrons. The fourth-order valence-corrected chi connectivity index (χ4v) is 4.26. The van der Waals surface area contributed by atoms with Crippen LogP contribution in [0.25, 0.3) is 0 Å². The first-order valence-corrected chi connectivity index (χ1v) is 10.3. The third-order valence-corrected chi connectivity index (χ3v) is 5.65. The molecular formula is C20H36N4O2. The first kappa shape index (κ1) is 19.5. The van der Waals surface area contributed by atoms with Gasteiger partial charge in [0.15, 0.2) is 5.96 Å². The number of hydrogen-bond donors (Lipinski definition) is 1. The molecule has 2 heterocycles. The van der Waals surface area contributed by atoms with Crippen LogP contribution in [0.15, 0.2) is 4.99 Å². The highest BCUT2D eigenvalue weighted by molar-refractivity contribution is 5.88. The first-order chi connectivity index (χ1) is 12.4. The molecule has 6 heteroatoms. The molecule has 0 spiro atoms. The second-order valence-electron chi connectivity index (χ2n) is 8.99. The van der Waals surface area contributed by atoms with E-state index in [0.717, 1.165) is 45.2 Å². The summed E-state index contributed by atoms with van der Waals surface area (Å²) >= 11 is 0. The predicted molar refractivity (Wildman–Crippen MR) is 104 cm³/mol. The highest BCUT2D eigenvalue weighted by atomic mass is 16.5. The zero-order valence-electron chi connectivity index (χ0n) is 17.0. The SMILES string of the molecule is CCNC(=NCC1CCCOC1C(C)(C)C)N1CCN(C2CC2)C(=O)C1. The molecule has 0 bridgehead atoms. The molecule has 2 atom stereocenters. The smallest absolute Gasteiger partial charge is 0.242 e. The van der Waals surface area contributed by atoms with E-state index in [9.17, 15) is 4.79 Å². The Morgan fingerprint density at radius 3 is 2.65 bits per heavy atom. The molecule has 3 fully saturated rings. The van der Waals surface area contributed by atoms with Crippen molar-refractivity contribution in [3.63, 3.8) is 0 Å². The van der Waals surface area contributed by atoms with Crippen molar-refractivity contribution < 1.29 is 9.53 Å². The molecule has 1 N–H and O–H groups in total. The molecule has 3 rings (SSSR count). The van der Waals surface area contributed by atoms with Gasteiger partial charge < -0.3 is 19.9 Å². The Morgan fingerprint density at radius 1 is 1.27 bits per heavy atom. The van der Waals surface area contributed by atoms with Crippen LogP contribution >= 0.6 is 0 Å². The molecule has 2 unspecified atom stereocenters. The van der Waals surface area contributed by atoms with Gasteiger partial charge in [-0.05, 0) is 38.0 Å². The van der Waals surface area contributed by atoms with Crippen LogP contribution in [-0.2, 0) is 9.53 Å². The molecule has 0 aromatic rings. The van der Waals surface area contributed by atoms with Gasteiger partial charge in [0.05, 0.1) is 12.6 Å². The summed E-state index contributed by atoms with van der Waals surface area (Å²) in [4.78, 5) is 21.6. The summed E-state index contributed by atoms with van der Waals surface area (Å²) in [5.41, 5.74) is 0.130. The number of guanidine groups is 1. The number of carbonyl (C=O) groups is 1. The van der Waals surface area contributed by atoms with Gasteiger partial charge >= 0.3 is 0 Å². The van der Waals surface area contributed by atoms with E-state index in [1.54, 1.807) is 0 Å². The Labute approximate surface area is 158 Å². The van der Waals surface area contributed by atoms with Crippen molar-refractivity contribution in [2.75, 3.05) is 39.3 Å². The summed E-state index contributed by atoms with van der Waals surface area (Å²) in [6, 6.07) is 0.510. The van der Waals surface area contributed by atoms with Crippen LogP contribution in [0.3, 0.4) is 0 Å². The topological polar surface area (TPSA) is 57.2 Å². The van der Waals surface area contributed by atoms with Crippen molar-refractivity contribution in [2.24, 2.45) is 16.3 Å². The minimum atomic E-state index is 0.130. The first-order valence-electron chi connectivity index (χ1n) is 10.3. The highest BCUT2D eigenvalue weighted by Gasteiger charge is 2.37. The Hall–Kier alpha value is -1.30. The molecule has 0 radical (unpaired) electrons. The number of nitrogens with zero attached hydrogens (tertiary/aromatic N) is 3. The normalized spacial score (nSPS) is 28.5. The molecule has 0 aromatic heterocycles. The van der Waals surface area contributed by atoms with E-state index in [2.05, 4.69) is 42.8 Å². The van der Waals surface area contributed by atoms with Gasteiger partial charge in [0, 0.05) is 44.7 Å². The van der Waals surface area contributed by atoms with Crippen LogP contribution in [0.5, 0.6) is 0 Å². The van der Waals surface area contributed by atoms with Crippen molar-refractivity contribution in [3.8, 4) is 0 Å². The monoisotopic (exact) mass is 364 g/mol. The molecule has 26 heavy (non-hydrogen) atoms. The Balaban J connectivity index is 1.64. The summed E-state index contributed by atoms with van der Waals surface area (Å²) in [6.07, 6.45) is 4.88. The maximum Gasteiger partial charge on any atom is 0.242 e. The number of aliphatic imine (C=N–C) groups is 1. The second kappa shape index (κ2) is 8.15. The second-order valence-corrected chi connectivity index (χ2v) is 8.99. The van der Waals surface area contributed by atoms with Gasteiger partial charge in [-0.25, -0.2) is 0 Å². The summed E-state index contributed by atoms with van der Waals surface area (Å²) < 4.78 is 6.09. The lowest BCUT2D eigenvalue weighted by Gasteiger charge is -2.40. The van der Waals surface area contributed by atoms with Crippen molar-refractivity contribution in [2.45, 2.75) is 65.5 Å². The third-order valence-electron chi connectivity index (χ3n) is 5.65. The maximum atomic E-state index is 12.5. The van der Waals surface area contributed by atoms with Gasteiger partial charge in [-0.3, -0.25) is 9.79 Å². The van der Waals surface area contributed by atoms with Crippen molar-refractivity contribution in [1.29, 1.82) is 0 Å².